The zero-order chi connectivity index (χ0) is 22.9. The number of esters is 1. The van der Waals surface area contributed by atoms with Gasteiger partial charge in [0.15, 0.2) is 0 Å². The summed E-state index contributed by atoms with van der Waals surface area (Å²) < 4.78 is 9.60. The van der Waals surface area contributed by atoms with E-state index < -0.39 is 54.2 Å². The van der Waals surface area contributed by atoms with Crippen molar-refractivity contribution in [3.63, 3.8) is 0 Å². The molecule has 3 atom stereocenters. The fourth-order valence-electron chi connectivity index (χ4n) is 2.36. The van der Waals surface area contributed by atoms with Gasteiger partial charge in [-0.3, -0.25) is 9.59 Å². The van der Waals surface area contributed by atoms with Crippen LogP contribution in [0.4, 0.5) is 4.79 Å². The number of carbonyl (C=O) groups excluding carboxylic acids is 4. The van der Waals surface area contributed by atoms with E-state index in [1.807, 2.05) is 0 Å². The number of rotatable bonds is 8. The summed E-state index contributed by atoms with van der Waals surface area (Å²) in [5.41, 5.74) is -0.361. The van der Waals surface area contributed by atoms with E-state index >= 15 is 0 Å². The predicted octanol–water partition coefficient (Wildman–Crippen LogP) is 0.407. The minimum absolute atomic E-state index is 0.378. The SMILES string of the molecule is COC(=O)[C@H](C)NC(=O)[C@H](NC(=O)CNC(=O)OC(C)(C)C)[C@@H](O)c1ccccc1. The van der Waals surface area contributed by atoms with Crippen LogP contribution in [-0.4, -0.2) is 60.3 Å². The number of hydrogen-bond acceptors (Lipinski definition) is 7. The van der Waals surface area contributed by atoms with E-state index in [0.717, 1.165) is 0 Å². The lowest BCUT2D eigenvalue weighted by Gasteiger charge is -2.25. The van der Waals surface area contributed by atoms with Crippen molar-refractivity contribution in [1.29, 1.82) is 0 Å². The second kappa shape index (κ2) is 11.1. The van der Waals surface area contributed by atoms with Crippen LogP contribution in [0.1, 0.15) is 39.4 Å². The Morgan fingerprint density at radius 3 is 2.20 bits per heavy atom. The number of benzene rings is 1. The second-order valence-electron chi connectivity index (χ2n) is 7.51. The van der Waals surface area contributed by atoms with Gasteiger partial charge in [-0.05, 0) is 33.3 Å². The van der Waals surface area contributed by atoms with Gasteiger partial charge in [-0.1, -0.05) is 30.3 Å². The lowest BCUT2D eigenvalue weighted by molar-refractivity contribution is -0.145. The molecule has 0 fully saturated rings. The molecule has 0 saturated heterocycles. The molecule has 30 heavy (non-hydrogen) atoms. The minimum Gasteiger partial charge on any atom is -0.467 e. The van der Waals surface area contributed by atoms with Gasteiger partial charge in [-0.25, -0.2) is 9.59 Å². The largest absolute Gasteiger partial charge is 0.467 e. The monoisotopic (exact) mass is 423 g/mol. The van der Waals surface area contributed by atoms with Gasteiger partial charge in [-0.15, -0.1) is 0 Å². The molecule has 1 rings (SSSR count). The third kappa shape index (κ3) is 8.48. The highest BCUT2D eigenvalue weighted by Crippen LogP contribution is 2.17. The third-order valence-electron chi connectivity index (χ3n) is 3.76. The van der Waals surface area contributed by atoms with Crippen molar-refractivity contribution in [1.82, 2.24) is 16.0 Å². The Labute approximate surface area is 175 Å². The van der Waals surface area contributed by atoms with E-state index in [4.69, 9.17) is 4.74 Å². The standard InChI is InChI=1S/C20H29N3O7/c1-12(18(27)29-5)22-17(26)15(16(25)13-9-7-6-8-10-13)23-14(24)11-21-19(28)30-20(2,3)4/h6-10,12,15-16,25H,11H2,1-5H3,(H,21,28)(H,22,26)(H,23,24)/t12-,15+,16-/m0/s1. The summed E-state index contributed by atoms with van der Waals surface area (Å²) >= 11 is 0. The van der Waals surface area contributed by atoms with Gasteiger partial charge in [0, 0.05) is 0 Å². The molecule has 1 aromatic carbocycles. The minimum atomic E-state index is -1.42. The molecular formula is C20H29N3O7. The summed E-state index contributed by atoms with van der Waals surface area (Å²) in [6.07, 6.45) is -2.21. The first-order valence-electron chi connectivity index (χ1n) is 9.32. The van der Waals surface area contributed by atoms with Crippen molar-refractivity contribution in [2.24, 2.45) is 0 Å². The Balaban J connectivity index is 2.87. The Hall–Kier alpha value is -3.14. The smallest absolute Gasteiger partial charge is 0.408 e. The fourth-order valence-corrected chi connectivity index (χ4v) is 2.36. The van der Waals surface area contributed by atoms with Crippen LogP contribution < -0.4 is 16.0 Å². The molecule has 0 saturated carbocycles. The van der Waals surface area contributed by atoms with E-state index in [2.05, 4.69) is 20.7 Å². The van der Waals surface area contributed by atoms with Gasteiger partial charge in [-0.2, -0.15) is 0 Å². The van der Waals surface area contributed by atoms with Gasteiger partial charge in [0.2, 0.25) is 11.8 Å². The van der Waals surface area contributed by atoms with Crippen molar-refractivity contribution in [2.75, 3.05) is 13.7 Å². The van der Waals surface area contributed by atoms with Crippen molar-refractivity contribution in [3.8, 4) is 0 Å². The molecule has 0 spiro atoms. The highest BCUT2D eigenvalue weighted by molar-refractivity contribution is 5.92. The molecule has 10 heteroatoms. The molecule has 0 aliphatic rings. The molecule has 0 aliphatic carbocycles. The summed E-state index contributed by atoms with van der Waals surface area (Å²) in [7, 11) is 1.17. The average Bonchev–Trinajstić information content (AvgIpc) is 2.68. The predicted molar refractivity (Wildman–Crippen MR) is 107 cm³/mol. The summed E-state index contributed by atoms with van der Waals surface area (Å²) in [4.78, 5) is 48.2. The second-order valence-corrected chi connectivity index (χ2v) is 7.51. The van der Waals surface area contributed by atoms with Gasteiger partial charge in [0.25, 0.3) is 0 Å². The van der Waals surface area contributed by atoms with Crippen LogP contribution in [0.2, 0.25) is 0 Å². The molecule has 10 nitrogen and oxygen atoms in total. The molecule has 4 N–H and O–H groups in total. The van der Waals surface area contributed by atoms with Crippen LogP contribution in [0.3, 0.4) is 0 Å². The number of methoxy groups -OCH3 is 1. The zero-order valence-corrected chi connectivity index (χ0v) is 17.7. The number of aliphatic hydroxyl groups is 1. The number of hydrogen-bond donors (Lipinski definition) is 4. The lowest BCUT2D eigenvalue weighted by Crippen LogP contribution is -2.55. The van der Waals surface area contributed by atoms with Crippen LogP contribution >= 0.6 is 0 Å². The zero-order valence-electron chi connectivity index (χ0n) is 17.7. The number of carbonyl (C=O) groups is 4. The summed E-state index contributed by atoms with van der Waals surface area (Å²) in [5, 5.41) is 17.7. The van der Waals surface area contributed by atoms with E-state index in [9.17, 15) is 24.3 Å². The van der Waals surface area contributed by atoms with Crippen LogP contribution in [0.5, 0.6) is 0 Å². The fraction of sp³-hybridized carbons (Fsp3) is 0.500. The third-order valence-corrected chi connectivity index (χ3v) is 3.76. The molecule has 0 bridgehead atoms. The molecule has 0 aromatic heterocycles. The highest BCUT2D eigenvalue weighted by atomic mass is 16.6. The molecule has 0 aliphatic heterocycles. The molecular weight excluding hydrogens is 394 g/mol. The number of amides is 3. The maximum atomic E-state index is 12.6. The van der Waals surface area contributed by atoms with Crippen LogP contribution in [0, 0.1) is 0 Å². The summed E-state index contributed by atoms with van der Waals surface area (Å²) in [6.45, 7) is 5.94. The molecule has 1 aromatic rings. The topological polar surface area (TPSA) is 143 Å². The highest BCUT2D eigenvalue weighted by Gasteiger charge is 2.32. The maximum Gasteiger partial charge on any atom is 0.408 e. The number of nitrogens with one attached hydrogen (secondary N) is 3. The van der Waals surface area contributed by atoms with Crippen LogP contribution in [0.15, 0.2) is 30.3 Å². The Morgan fingerprint density at radius 2 is 1.67 bits per heavy atom. The Morgan fingerprint density at radius 1 is 1.07 bits per heavy atom. The van der Waals surface area contributed by atoms with Crippen molar-refractivity contribution >= 4 is 23.9 Å². The van der Waals surface area contributed by atoms with Gasteiger partial charge < -0.3 is 30.5 Å². The van der Waals surface area contributed by atoms with Crippen LogP contribution in [-0.2, 0) is 23.9 Å². The average molecular weight is 423 g/mol. The van der Waals surface area contributed by atoms with Crippen molar-refractivity contribution in [2.45, 2.75) is 51.5 Å². The van der Waals surface area contributed by atoms with Crippen LogP contribution in [0.25, 0.3) is 0 Å². The summed E-state index contributed by atoms with van der Waals surface area (Å²) in [5.74, 6) is -2.22. The number of alkyl carbamates (subject to hydrolysis) is 1. The van der Waals surface area contributed by atoms with Gasteiger partial charge >= 0.3 is 12.1 Å². The van der Waals surface area contributed by atoms with E-state index in [-0.39, 0.29) is 0 Å². The Kier molecular flexibility index (Phi) is 9.25. The van der Waals surface area contributed by atoms with E-state index in [1.54, 1.807) is 51.1 Å². The first-order valence-corrected chi connectivity index (χ1v) is 9.32. The van der Waals surface area contributed by atoms with Gasteiger partial charge in [0.05, 0.1) is 7.11 Å². The molecule has 0 unspecified atom stereocenters. The molecule has 0 heterocycles. The first kappa shape index (κ1) is 24.9. The van der Waals surface area contributed by atoms with E-state index in [1.165, 1.54) is 14.0 Å². The van der Waals surface area contributed by atoms with Gasteiger partial charge in [0.1, 0.15) is 30.3 Å². The lowest BCUT2D eigenvalue weighted by atomic mass is 10.0. The molecule has 166 valence electrons. The number of aliphatic hydroxyl groups excluding tert-OH is 1. The number of ether oxygens (including phenoxy) is 2. The van der Waals surface area contributed by atoms with E-state index in [0.29, 0.717) is 5.56 Å². The molecule has 0 radical (unpaired) electrons. The maximum absolute atomic E-state index is 12.6. The summed E-state index contributed by atoms with van der Waals surface area (Å²) in [6, 6.07) is 5.80. The Bertz CT molecular complexity index is 747. The quantitative estimate of drug-likeness (QED) is 0.443. The first-order chi connectivity index (χ1) is 13.9. The van der Waals surface area contributed by atoms with Crippen molar-refractivity contribution < 1.29 is 33.8 Å². The normalized spacial score (nSPS) is 13.9. The van der Waals surface area contributed by atoms with Crippen molar-refractivity contribution in [3.05, 3.63) is 35.9 Å². The molecule has 3 amide bonds.